The molecule has 2 atom stereocenters. The van der Waals surface area contributed by atoms with Crippen LogP contribution in [0.1, 0.15) is 30.3 Å². The van der Waals surface area contributed by atoms with Gasteiger partial charge in [-0.2, -0.15) is 0 Å². The molecule has 0 unspecified atom stereocenters. The minimum Gasteiger partial charge on any atom is -0.330 e. The van der Waals surface area contributed by atoms with Gasteiger partial charge in [-0.3, -0.25) is 4.79 Å². The number of nitrogens with one attached hydrogen (secondary N) is 1. The highest BCUT2D eigenvalue weighted by Gasteiger charge is 2.23. The fourth-order valence-electron chi connectivity index (χ4n) is 2.52. The van der Waals surface area contributed by atoms with E-state index in [0.717, 1.165) is 9.87 Å². The summed E-state index contributed by atoms with van der Waals surface area (Å²) in [6, 6.07) is 8.69. The Balaban J connectivity index is 2.13. The molecule has 1 aromatic carbocycles. The molecule has 3 N–H and O–H groups in total. The van der Waals surface area contributed by atoms with Crippen molar-refractivity contribution in [3.05, 3.63) is 46.2 Å². The van der Waals surface area contributed by atoms with Crippen LogP contribution in [0, 0.1) is 6.92 Å². The molecule has 6 nitrogen and oxygen atoms in total. The van der Waals surface area contributed by atoms with Crippen molar-refractivity contribution in [3.63, 3.8) is 0 Å². The molecule has 1 aromatic heterocycles. The average molecular weight is 397 g/mol. The Hall–Kier alpha value is -1.74. The van der Waals surface area contributed by atoms with Crippen molar-refractivity contribution in [2.45, 2.75) is 37.8 Å². The van der Waals surface area contributed by atoms with E-state index in [1.165, 1.54) is 25.0 Å². The summed E-state index contributed by atoms with van der Waals surface area (Å²) in [7, 11) is -0.580. The normalized spacial score (nSPS) is 14.2. The number of quaternary nitrogens is 1. The summed E-state index contributed by atoms with van der Waals surface area (Å²) in [4.78, 5) is 13.9. The summed E-state index contributed by atoms with van der Waals surface area (Å²) in [6.07, 6.45) is 0. The third-order valence-corrected chi connectivity index (χ3v) is 7.11. The molecule has 0 aliphatic carbocycles. The van der Waals surface area contributed by atoms with Crippen molar-refractivity contribution in [1.29, 1.82) is 0 Å². The van der Waals surface area contributed by atoms with Crippen LogP contribution >= 0.6 is 11.3 Å². The number of nitrogens with zero attached hydrogens (tertiary/aromatic N) is 1. The number of carbonyl (C=O) groups excluding carboxylic acids is 1. The summed E-state index contributed by atoms with van der Waals surface area (Å²) in [5.41, 5.74) is 1.33. The van der Waals surface area contributed by atoms with Gasteiger partial charge in [-0.05, 0) is 49.9 Å². The Morgan fingerprint density at radius 1 is 1.23 bits per heavy atom. The molecule has 26 heavy (non-hydrogen) atoms. The number of sulfonamides is 1. The van der Waals surface area contributed by atoms with E-state index in [0.29, 0.717) is 5.69 Å². The summed E-state index contributed by atoms with van der Waals surface area (Å²) in [6.45, 7) is 5.74. The molecule has 2 rings (SSSR count). The van der Waals surface area contributed by atoms with Crippen molar-refractivity contribution in [1.82, 2.24) is 4.31 Å². The second-order valence-electron chi connectivity index (χ2n) is 6.54. The minimum absolute atomic E-state index is 0.157. The second-order valence-corrected chi connectivity index (χ2v) is 9.67. The number of thiophene rings is 1. The van der Waals surface area contributed by atoms with Gasteiger partial charge < -0.3 is 10.6 Å². The molecule has 0 saturated heterocycles. The average Bonchev–Trinajstić information content (AvgIpc) is 3.11. The highest BCUT2D eigenvalue weighted by molar-refractivity contribution is 7.89. The van der Waals surface area contributed by atoms with E-state index >= 15 is 0 Å². The van der Waals surface area contributed by atoms with E-state index < -0.39 is 10.0 Å². The van der Waals surface area contributed by atoms with Gasteiger partial charge in [0.2, 0.25) is 10.0 Å². The van der Waals surface area contributed by atoms with Gasteiger partial charge >= 0.3 is 0 Å². The topological polar surface area (TPSA) is 83.1 Å². The van der Waals surface area contributed by atoms with Crippen LogP contribution in [0.15, 0.2) is 40.6 Å². The number of anilines is 1. The molecule has 1 heterocycles. The van der Waals surface area contributed by atoms with Gasteiger partial charge in [0.15, 0.2) is 6.04 Å². The van der Waals surface area contributed by atoms with Crippen LogP contribution in [0.3, 0.4) is 0 Å². The first-order chi connectivity index (χ1) is 12.1. The number of aryl methyl sites for hydroxylation is 1. The molecule has 142 valence electrons. The van der Waals surface area contributed by atoms with Crippen LogP contribution in [0.25, 0.3) is 0 Å². The number of nitrogens with two attached hydrogens (primary N) is 1. The molecule has 0 spiro atoms. The highest BCUT2D eigenvalue weighted by atomic mass is 32.2. The predicted molar refractivity (Wildman–Crippen MR) is 105 cm³/mol. The van der Waals surface area contributed by atoms with Gasteiger partial charge in [-0.1, -0.05) is 12.1 Å². The summed E-state index contributed by atoms with van der Waals surface area (Å²) in [5.74, 6) is -0.157. The standard InChI is InChI=1S/C18H25N3O3S2/c1-12-8-9-15(26(23,24)21(4)5)11-16(12)20-18(22)14(3)19-13(2)17-7-6-10-25-17/h6-11,13-14,19H,1-5H3,(H,20,22)/p+1/t13-,14-/m1/s1. The Bertz CT molecular complexity index is 862. The van der Waals surface area contributed by atoms with Gasteiger partial charge in [0.05, 0.1) is 9.77 Å². The van der Waals surface area contributed by atoms with Crippen LogP contribution in [0.5, 0.6) is 0 Å². The fourth-order valence-corrected chi connectivity index (χ4v) is 4.21. The lowest BCUT2D eigenvalue weighted by Gasteiger charge is -2.17. The zero-order valence-corrected chi connectivity index (χ0v) is 17.3. The minimum atomic E-state index is -3.55. The molecule has 2 aromatic rings. The Labute approximate surface area is 159 Å². The van der Waals surface area contributed by atoms with E-state index in [9.17, 15) is 13.2 Å². The van der Waals surface area contributed by atoms with E-state index in [1.54, 1.807) is 23.5 Å². The first-order valence-electron chi connectivity index (χ1n) is 8.35. The third-order valence-electron chi connectivity index (χ3n) is 4.23. The maximum absolute atomic E-state index is 12.6. The van der Waals surface area contributed by atoms with Crippen LogP contribution in [-0.4, -0.2) is 38.8 Å². The van der Waals surface area contributed by atoms with Crippen molar-refractivity contribution >= 4 is 33.0 Å². The monoisotopic (exact) mass is 396 g/mol. The molecule has 1 amide bonds. The summed E-state index contributed by atoms with van der Waals surface area (Å²) >= 11 is 1.66. The molecule has 0 fully saturated rings. The first kappa shape index (κ1) is 20.6. The Morgan fingerprint density at radius 2 is 1.92 bits per heavy atom. The lowest BCUT2D eigenvalue weighted by atomic mass is 10.2. The smallest absolute Gasteiger partial charge is 0.282 e. The number of rotatable bonds is 7. The van der Waals surface area contributed by atoms with Gasteiger partial charge in [-0.15, -0.1) is 11.3 Å². The molecular formula is C18H26N3O3S2+. The summed E-state index contributed by atoms with van der Waals surface area (Å²) in [5, 5.41) is 6.88. The SMILES string of the molecule is Cc1ccc(S(=O)(=O)N(C)C)cc1NC(=O)[C@@H](C)[NH2+][C@H](C)c1cccs1. The number of carbonyl (C=O) groups is 1. The molecule has 0 radical (unpaired) electrons. The Kier molecular flexibility index (Phi) is 6.57. The van der Waals surface area contributed by atoms with Crippen molar-refractivity contribution < 1.29 is 18.5 Å². The number of benzene rings is 1. The third kappa shape index (κ3) is 4.70. The maximum Gasteiger partial charge on any atom is 0.282 e. The van der Waals surface area contributed by atoms with Crippen LogP contribution < -0.4 is 10.6 Å². The molecule has 0 bridgehead atoms. The lowest BCUT2D eigenvalue weighted by Crippen LogP contribution is -2.91. The largest absolute Gasteiger partial charge is 0.330 e. The van der Waals surface area contributed by atoms with Crippen molar-refractivity contribution in [2.75, 3.05) is 19.4 Å². The lowest BCUT2D eigenvalue weighted by molar-refractivity contribution is -0.709. The van der Waals surface area contributed by atoms with E-state index in [1.807, 2.05) is 30.6 Å². The zero-order chi connectivity index (χ0) is 19.5. The molecule has 0 aliphatic heterocycles. The van der Waals surface area contributed by atoms with Crippen LogP contribution in [-0.2, 0) is 14.8 Å². The zero-order valence-electron chi connectivity index (χ0n) is 15.7. The molecule has 8 heteroatoms. The second kappa shape index (κ2) is 8.30. The molecular weight excluding hydrogens is 370 g/mol. The first-order valence-corrected chi connectivity index (χ1v) is 10.7. The predicted octanol–water partition coefficient (Wildman–Crippen LogP) is 1.96. The number of hydrogen-bond acceptors (Lipinski definition) is 4. The van der Waals surface area contributed by atoms with Gasteiger partial charge in [-0.25, -0.2) is 12.7 Å². The van der Waals surface area contributed by atoms with Gasteiger partial charge in [0.25, 0.3) is 5.91 Å². The fraction of sp³-hybridized carbons (Fsp3) is 0.389. The number of hydrogen-bond donors (Lipinski definition) is 2. The van der Waals surface area contributed by atoms with Crippen LogP contribution in [0.2, 0.25) is 0 Å². The maximum atomic E-state index is 12.6. The van der Waals surface area contributed by atoms with E-state index in [4.69, 9.17) is 0 Å². The van der Waals surface area contributed by atoms with Crippen molar-refractivity contribution in [2.24, 2.45) is 0 Å². The van der Waals surface area contributed by atoms with Crippen molar-refractivity contribution in [3.8, 4) is 0 Å². The Morgan fingerprint density at radius 3 is 2.50 bits per heavy atom. The summed E-state index contributed by atoms with van der Waals surface area (Å²) < 4.78 is 25.8. The van der Waals surface area contributed by atoms with E-state index in [2.05, 4.69) is 18.3 Å². The van der Waals surface area contributed by atoms with E-state index in [-0.39, 0.29) is 22.9 Å². The highest BCUT2D eigenvalue weighted by Crippen LogP contribution is 2.22. The number of amides is 1. The van der Waals surface area contributed by atoms with Gasteiger partial charge in [0, 0.05) is 19.8 Å². The quantitative estimate of drug-likeness (QED) is 0.750. The van der Waals surface area contributed by atoms with Gasteiger partial charge in [0.1, 0.15) is 6.04 Å². The van der Waals surface area contributed by atoms with Crippen LogP contribution in [0.4, 0.5) is 5.69 Å². The molecule has 0 saturated carbocycles. The molecule has 0 aliphatic rings.